The van der Waals surface area contributed by atoms with Crippen molar-refractivity contribution in [2.24, 2.45) is 0 Å². The number of carbonyl (C=O) groups excluding carboxylic acids is 2. The number of imidazole rings is 1. The Morgan fingerprint density at radius 1 is 1.18 bits per heavy atom. The number of aromatic nitrogens is 2. The standard InChI is InChI=1S/C26H23ClF3N5O3/c27-20-3-1-2-18(14-20)4-7-24(37)32-21-15-19(25-31-16-23(33-25)26(28,29)30)5-6-22(21)38-13-12-34-8-10-35(17-36)11-9-34/h1-3,5-6,14-17H,8-13H2,(H,31,33)(H,32,37). The number of amides is 2. The molecule has 2 N–H and O–H groups in total. The molecule has 2 heterocycles. The Morgan fingerprint density at radius 2 is 1.97 bits per heavy atom. The molecule has 0 radical (unpaired) electrons. The summed E-state index contributed by atoms with van der Waals surface area (Å²) in [6.45, 7) is 3.56. The van der Waals surface area contributed by atoms with Crippen LogP contribution in [-0.4, -0.2) is 71.4 Å². The first kappa shape index (κ1) is 27.0. The smallest absolute Gasteiger partial charge is 0.432 e. The van der Waals surface area contributed by atoms with E-state index in [-0.39, 0.29) is 18.1 Å². The lowest BCUT2D eigenvalue weighted by Crippen LogP contribution is -2.46. The third-order valence-electron chi connectivity index (χ3n) is 5.75. The van der Waals surface area contributed by atoms with Crippen LogP contribution in [0.5, 0.6) is 5.75 Å². The third-order valence-corrected chi connectivity index (χ3v) is 5.98. The summed E-state index contributed by atoms with van der Waals surface area (Å²) < 4.78 is 45.0. The molecule has 2 aromatic carbocycles. The number of piperazine rings is 1. The van der Waals surface area contributed by atoms with Crippen molar-refractivity contribution in [3.8, 4) is 29.0 Å². The number of H-pyrrole nitrogens is 1. The first-order chi connectivity index (χ1) is 18.2. The minimum atomic E-state index is -4.57. The van der Waals surface area contributed by atoms with Crippen LogP contribution in [0, 0.1) is 11.8 Å². The van der Waals surface area contributed by atoms with E-state index in [4.69, 9.17) is 16.3 Å². The van der Waals surface area contributed by atoms with E-state index in [1.165, 1.54) is 6.07 Å². The fraction of sp³-hybridized carbons (Fsp3) is 0.269. The minimum absolute atomic E-state index is 0.0163. The summed E-state index contributed by atoms with van der Waals surface area (Å²) in [6.07, 6.45) is -3.03. The summed E-state index contributed by atoms with van der Waals surface area (Å²) in [7, 11) is 0. The summed E-state index contributed by atoms with van der Waals surface area (Å²) >= 11 is 5.95. The lowest BCUT2D eigenvalue weighted by Gasteiger charge is -2.32. The fourth-order valence-electron chi connectivity index (χ4n) is 3.74. The predicted octanol–water partition coefficient (Wildman–Crippen LogP) is 3.89. The number of halogens is 4. The van der Waals surface area contributed by atoms with Gasteiger partial charge in [0.2, 0.25) is 6.41 Å². The second-order valence-electron chi connectivity index (χ2n) is 8.40. The molecule has 3 aromatic rings. The van der Waals surface area contributed by atoms with Gasteiger partial charge in [-0.05, 0) is 36.4 Å². The monoisotopic (exact) mass is 545 g/mol. The highest BCUT2D eigenvalue weighted by Gasteiger charge is 2.33. The van der Waals surface area contributed by atoms with E-state index < -0.39 is 17.8 Å². The first-order valence-electron chi connectivity index (χ1n) is 11.6. The average molecular weight is 546 g/mol. The Morgan fingerprint density at radius 3 is 2.66 bits per heavy atom. The highest BCUT2D eigenvalue weighted by atomic mass is 35.5. The van der Waals surface area contributed by atoms with Crippen LogP contribution in [0.3, 0.4) is 0 Å². The Kier molecular flexibility index (Phi) is 8.55. The molecule has 0 spiro atoms. The van der Waals surface area contributed by atoms with E-state index in [1.54, 1.807) is 41.3 Å². The van der Waals surface area contributed by atoms with Crippen molar-refractivity contribution in [1.29, 1.82) is 0 Å². The molecule has 1 aliphatic rings. The fourth-order valence-corrected chi connectivity index (χ4v) is 3.93. The number of carbonyl (C=O) groups is 2. The third kappa shape index (κ3) is 7.27. The van der Waals surface area contributed by atoms with E-state index in [0.29, 0.717) is 60.8 Å². The summed E-state index contributed by atoms with van der Waals surface area (Å²) in [5.41, 5.74) is 0.0999. The zero-order valence-electron chi connectivity index (χ0n) is 20.0. The van der Waals surface area contributed by atoms with Crippen molar-refractivity contribution in [3.05, 3.63) is 64.9 Å². The van der Waals surface area contributed by atoms with Crippen LogP contribution < -0.4 is 10.1 Å². The summed E-state index contributed by atoms with van der Waals surface area (Å²) in [5, 5.41) is 3.13. The lowest BCUT2D eigenvalue weighted by atomic mass is 10.1. The predicted molar refractivity (Wildman–Crippen MR) is 136 cm³/mol. The zero-order valence-corrected chi connectivity index (χ0v) is 20.8. The maximum absolute atomic E-state index is 13.0. The molecular weight excluding hydrogens is 523 g/mol. The molecule has 12 heteroatoms. The maximum atomic E-state index is 13.0. The van der Waals surface area contributed by atoms with Gasteiger partial charge in [0.15, 0.2) is 0 Å². The van der Waals surface area contributed by atoms with Gasteiger partial charge < -0.3 is 19.9 Å². The van der Waals surface area contributed by atoms with Gasteiger partial charge in [0.05, 0.1) is 11.9 Å². The Bertz CT molecular complexity index is 1360. The second-order valence-corrected chi connectivity index (χ2v) is 8.84. The largest absolute Gasteiger partial charge is 0.490 e. The Balaban J connectivity index is 1.51. The molecule has 1 aromatic heterocycles. The van der Waals surface area contributed by atoms with Crippen LogP contribution in [0.2, 0.25) is 5.02 Å². The van der Waals surface area contributed by atoms with E-state index in [1.807, 2.05) is 0 Å². The molecule has 0 unspecified atom stereocenters. The van der Waals surface area contributed by atoms with E-state index in [9.17, 15) is 22.8 Å². The van der Waals surface area contributed by atoms with Gasteiger partial charge >= 0.3 is 12.1 Å². The second kappa shape index (κ2) is 12.0. The summed E-state index contributed by atoms with van der Waals surface area (Å²) in [6, 6.07) is 11.3. The minimum Gasteiger partial charge on any atom is -0.490 e. The Hall–Kier alpha value is -4.01. The number of rotatable bonds is 7. The van der Waals surface area contributed by atoms with Crippen molar-refractivity contribution >= 4 is 29.6 Å². The summed E-state index contributed by atoms with van der Waals surface area (Å²) in [5.74, 6) is 4.85. The number of ether oxygens (including phenoxy) is 1. The number of benzene rings is 2. The molecule has 198 valence electrons. The van der Waals surface area contributed by atoms with Crippen molar-refractivity contribution < 1.29 is 27.5 Å². The van der Waals surface area contributed by atoms with Crippen LogP contribution in [0.1, 0.15) is 11.3 Å². The molecule has 0 saturated carbocycles. The number of anilines is 1. The number of hydrogen-bond donors (Lipinski definition) is 2. The topological polar surface area (TPSA) is 90.6 Å². The van der Waals surface area contributed by atoms with Gasteiger partial charge in [-0.15, -0.1) is 0 Å². The SMILES string of the molecule is O=CN1CCN(CCOc2ccc(-c3ncc(C(F)(F)F)[nH]3)cc2NC(=O)C#Cc2cccc(Cl)c2)CC1. The van der Waals surface area contributed by atoms with E-state index >= 15 is 0 Å². The van der Waals surface area contributed by atoms with Gasteiger partial charge in [0.1, 0.15) is 23.9 Å². The number of nitrogens with one attached hydrogen (secondary N) is 2. The molecule has 38 heavy (non-hydrogen) atoms. The van der Waals surface area contributed by atoms with Crippen LogP contribution in [-0.2, 0) is 15.8 Å². The number of aromatic amines is 1. The molecular formula is C26H23ClF3N5O3. The molecule has 0 atom stereocenters. The summed E-state index contributed by atoms with van der Waals surface area (Å²) in [4.78, 5) is 33.4. The van der Waals surface area contributed by atoms with Gasteiger partial charge in [-0.1, -0.05) is 23.6 Å². The van der Waals surface area contributed by atoms with Gasteiger partial charge in [0.25, 0.3) is 0 Å². The molecule has 1 saturated heterocycles. The first-order valence-corrected chi connectivity index (χ1v) is 12.0. The van der Waals surface area contributed by atoms with Crippen LogP contribution in [0.15, 0.2) is 48.7 Å². The van der Waals surface area contributed by atoms with Crippen LogP contribution >= 0.6 is 11.6 Å². The van der Waals surface area contributed by atoms with Crippen molar-refractivity contribution in [2.45, 2.75) is 6.18 Å². The Labute approximate surface area is 221 Å². The van der Waals surface area contributed by atoms with Crippen molar-refractivity contribution in [1.82, 2.24) is 19.8 Å². The van der Waals surface area contributed by atoms with Crippen molar-refractivity contribution in [3.63, 3.8) is 0 Å². The van der Waals surface area contributed by atoms with Gasteiger partial charge in [-0.3, -0.25) is 14.5 Å². The number of nitrogens with zero attached hydrogens (tertiary/aromatic N) is 3. The molecule has 2 amide bonds. The molecule has 0 aliphatic carbocycles. The highest BCUT2D eigenvalue weighted by molar-refractivity contribution is 6.30. The highest BCUT2D eigenvalue weighted by Crippen LogP contribution is 2.33. The van der Waals surface area contributed by atoms with Crippen LogP contribution in [0.4, 0.5) is 18.9 Å². The quantitative estimate of drug-likeness (QED) is 0.347. The molecule has 8 nitrogen and oxygen atoms in total. The molecule has 0 bridgehead atoms. The van der Waals surface area contributed by atoms with Crippen LogP contribution in [0.25, 0.3) is 11.4 Å². The zero-order chi connectivity index (χ0) is 27.1. The van der Waals surface area contributed by atoms with Gasteiger partial charge in [0, 0.05) is 54.8 Å². The molecule has 4 rings (SSSR count). The number of hydrogen-bond acceptors (Lipinski definition) is 5. The van der Waals surface area contributed by atoms with E-state index in [0.717, 1.165) is 6.41 Å². The maximum Gasteiger partial charge on any atom is 0.432 e. The molecule has 1 fully saturated rings. The lowest BCUT2D eigenvalue weighted by molar-refractivity contribution is -0.140. The van der Waals surface area contributed by atoms with Gasteiger partial charge in [-0.2, -0.15) is 13.2 Å². The molecule has 1 aliphatic heterocycles. The number of alkyl halides is 3. The van der Waals surface area contributed by atoms with Gasteiger partial charge in [-0.25, -0.2) is 4.98 Å². The van der Waals surface area contributed by atoms with Crippen molar-refractivity contribution in [2.75, 3.05) is 44.6 Å². The average Bonchev–Trinajstić information content (AvgIpc) is 3.40. The normalized spacial score (nSPS) is 13.9. The van der Waals surface area contributed by atoms with E-state index in [2.05, 4.69) is 32.0 Å².